The lowest BCUT2D eigenvalue weighted by Gasteiger charge is -1.91. The number of thiazole rings is 1. The van der Waals surface area contributed by atoms with Gasteiger partial charge in [-0.15, -0.1) is 11.3 Å². The summed E-state index contributed by atoms with van der Waals surface area (Å²) in [7, 11) is 0. The first kappa shape index (κ1) is 10.1. The fraction of sp³-hybridized carbons (Fsp3) is 0.154. The van der Waals surface area contributed by atoms with Gasteiger partial charge >= 0.3 is 0 Å². The Kier molecular flexibility index (Phi) is 2.97. The first-order chi connectivity index (χ1) is 7.29. The molecule has 0 amide bonds. The first-order valence-electron chi connectivity index (χ1n) is 4.96. The molecule has 0 fully saturated rings. The van der Waals surface area contributed by atoms with E-state index < -0.39 is 0 Å². The number of benzene rings is 1. The highest BCUT2D eigenvalue weighted by atomic mass is 32.1. The molecule has 0 spiro atoms. The van der Waals surface area contributed by atoms with Crippen LogP contribution in [0.1, 0.15) is 17.5 Å². The zero-order valence-corrected chi connectivity index (χ0v) is 9.71. The number of nitrogens with zero attached hydrogens (tertiary/aromatic N) is 1. The Labute approximate surface area is 93.8 Å². The lowest BCUT2D eigenvalue weighted by Crippen LogP contribution is -1.71. The minimum absolute atomic E-state index is 1.10. The highest BCUT2D eigenvalue weighted by Gasteiger charge is 1.99. The maximum Gasteiger partial charge on any atom is 0.0907 e. The Balaban J connectivity index is 2.37. The Morgan fingerprint density at radius 1 is 1.27 bits per heavy atom. The maximum atomic E-state index is 4.43. The molecular formula is C13H13NS. The molecule has 0 unspecified atom stereocenters. The quantitative estimate of drug-likeness (QED) is 0.684. The van der Waals surface area contributed by atoms with Gasteiger partial charge in [0.25, 0.3) is 0 Å². The topological polar surface area (TPSA) is 12.9 Å². The van der Waals surface area contributed by atoms with Gasteiger partial charge in [0.15, 0.2) is 0 Å². The molecular weight excluding hydrogens is 202 g/mol. The molecule has 0 aliphatic carbocycles. The average molecular weight is 215 g/mol. The van der Waals surface area contributed by atoms with Crippen LogP contribution < -0.4 is 0 Å². The number of hydrogen-bond donors (Lipinski definition) is 0. The lowest BCUT2D eigenvalue weighted by atomic mass is 10.2. The summed E-state index contributed by atoms with van der Waals surface area (Å²) in [5, 5.41) is 1.12. The van der Waals surface area contributed by atoms with Gasteiger partial charge in [0, 0.05) is 0 Å². The van der Waals surface area contributed by atoms with Gasteiger partial charge in [0.2, 0.25) is 0 Å². The SMILES string of the molecule is CC=CC=Cc1ccc2nc(C)sc2c1. The van der Waals surface area contributed by atoms with Crippen molar-refractivity contribution in [3.05, 3.63) is 47.0 Å². The second-order valence-electron chi connectivity index (χ2n) is 3.34. The van der Waals surface area contributed by atoms with Crippen LogP contribution in [0.5, 0.6) is 0 Å². The highest BCUT2D eigenvalue weighted by Crippen LogP contribution is 2.22. The lowest BCUT2D eigenvalue weighted by molar-refractivity contribution is 1.35. The van der Waals surface area contributed by atoms with Gasteiger partial charge in [-0.05, 0) is 31.5 Å². The van der Waals surface area contributed by atoms with Crippen LogP contribution >= 0.6 is 11.3 Å². The molecule has 1 aromatic heterocycles. The van der Waals surface area contributed by atoms with Crippen LogP contribution in [0.15, 0.2) is 36.4 Å². The molecule has 1 nitrogen and oxygen atoms in total. The first-order valence-corrected chi connectivity index (χ1v) is 5.78. The van der Waals surface area contributed by atoms with Crippen molar-refractivity contribution in [2.45, 2.75) is 13.8 Å². The van der Waals surface area contributed by atoms with Crippen LogP contribution in [0.4, 0.5) is 0 Å². The van der Waals surface area contributed by atoms with Gasteiger partial charge in [-0.3, -0.25) is 0 Å². The molecule has 1 heterocycles. The zero-order valence-electron chi connectivity index (χ0n) is 8.90. The van der Waals surface area contributed by atoms with Crippen LogP contribution in [0.3, 0.4) is 0 Å². The minimum Gasteiger partial charge on any atom is -0.242 e. The van der Waals surface area contributed by atoms with Gasteiger partial charge in [-0.2, -0.15) is 0 Å². The van der Waals surface area contributed by atoms with Gasteiger partial charge in [0.1, 0.15) is 0 Å². The number of rotatable bonds is 2. The van der Waals surface area contributed by atoms with Crippen LogP contribution in [-0.2, 0) is 0 Å². The Bertz CT molecular complexity index is 520. The predicted octanol–water partition coefficient (Wildman–Crippen LogP) is 4.19. The third-order valence-corrected chi connectivity index (χ3v) is 3.05. The smallest absolute Gasteiger partial charge is 0.0907 e. The largest absolute Gasteiger partial charge is 0.242 e. The van der Waals surface area contributed by atoms with Crippen molar-refractivity contribution in [2.75, 3.05) is 0 Å². The summed E-state index contributed by atoms with van der Waals surface area (Å²) in [5.74, 6) is 0. The Morgan fingerprint density at radius 2 is 2.13 bits per heavy atom. The van der Waals surface area contributed by atoms with Crippen LogP contribution in [-0.4, -0.2) is 4.98 Å². The van der Waals surface area contributed by atoms with Crippen molar-refractivity contribution in [2.24, 2.45) is 0 Å². The Morgan fingerprint density at radius 3 is 2.93 bits per heavy atom. The number of hydrogen-bond acceptors (Lipinski definition) is 2. The standard InChI is InChI=1S/C13H13NS/c1-3-4-5-6-11-7-8-12-13(9-11)15-10(2)14-12/h3-9H,1-2H3. The highest BCUT2D eigenvalue weighted by molar-refractivity contribution is 7.18. The second-order valence-corrected chi connectivity index (χ2v) is 4.58. The van der Waals surface area contributed by atoms with Crippen LogP contribution in [0.2, 0.25) is 0 Å². The summed E-state index contributed by atoms with van der Waals surface area (Å²) >= 11 is 1.74. The fourth-order valence-electron chi connectivity index (χ4n) is 1.44. The molecule has 76 valence electrons. The fourth-order valence-corrected chi connectivity index (χ4v) is 2.31. The molecule has 0 N–H and O–H groups in total. The van der Waals surface area contributed by atoms with Crippen LogP contribution in [0.25, 0.3) is 16.3 Å². The number of allylic oxidation sites excluding steroid dienone is 3. The van der Waals surface area contributed by atoms with Gasteiger partial charge in [0.05, 0.1) is 15.2 Å². The molecule has 0 aliphatic rings. The molecule has 0 aliphatic heterocycles. The van der Waals surface area contributed by atoms with Crippen molar-refractivity contribution in [3.8, 4) is 0 Å². The van der Waals surface area contributed by atoms with E-state index in [9.17, 15) is 0 Å². The molecule has 15 heavy (non-hydrogen) atoms. The maximum absolute atomic E-state index is 4.43. The molecule has 0 saturated heterocycles. The predicted molar refractivity (Wildman–Crippen MR) is 68.2 cm³/mol. The van der Waals surface area contributed by atoms with Crippen molar-refractivity contribution in [1.82, 2.24) is 4.98 Å². The molecule has 1 aromatic carbocycles. The average Bonchev–Trinajstić information content (AvgIpc) is 2.57. The van der Waals surface area contributed by atoms with E-state index in [4.69, 9.17) is 0 Å². The zero-order chi connectivity index (χ0) is 10.7. The summed E-state index contributed by atoms with van der Waals surface area (Å²) in [5.41, 5.74) is 2.32. The van der Waals surface area contributed by atoms with E-state index in [-0.39, 0.29) is 0 Å². The molecule has 0 atom stereocenters. The van der Waals surface area contributed by atoms with Crippen LogP contribution in [0, 0.1) is 6.92 Å². The summed E-state index contributed by atoms with van der Waals surface area (Å²) in [6.45, 7) is 4.06. The molecule has 0 bridgehead atoms. The van der Waals surface area contributed by atoms with Gasteiger partial charge < -0.3 is 0 Å². The van der Waals surface area contributed by atoms with Crippen molar-refractivity contribution in [1.29, 1.82) is 0 Å². The second kappa shape index (κ2) is 4.41. The monoisotopic (exact) mass is 215 g/mol. The number of aromatic nitrogens is 1. The van der Waals surface area contributed by atoms with Crippen molar-refractivity contribution < 1.29 is 0 Å². The summed E-state index contributed by atoms with van der Waals surface area (Å²) in [6, 6.07) is 6.36. The summed E-state index contributed by atoms with van der Waals surface area (Å²) < 4.78 is 1.26. The van der Waals surface area contributed by atoms with Crippen molar-refractivity contribution in [3.63, 3.8) is 0 Å². The van der Waals surface area contributed by atoms with E-state index >= 15 is 0 Å². The van der Waals surface area contributed by atoms with E-state index in [1.54, 1.807) is 11.3 Å². The molecule has 2 rings (SSSR count). The number of aryl methyl sites for hydroxylation is 1. The van der Waals surface area contributed by atoms with E-state index in [0.717, 1.165) is 10.5 Å². The normalized spacial score (nSPS) is 12.1. The Hall–Kier alpha value is -1.41. The van der Waals surface area contributed by atoms with Gasteiger partial charge in [-0.25, -0.2) is 4.98 Å². The molecule has 0 saturated carbocycles. The number of fused-ring (bicyclic) bond motifs is 1. The van der Waals surface area contributed by atoms with E-state index in [2.05, 4.69) is 35.3 Å². The molecule has 2 aromatic rings. The molecule has 2 heteroatoms. The van der Waals surface area contributed by atoms with E-state index in [0.29, 0.717) is 0 Å². The summed E-state index contributed by atoms with van der Waals surface area (Å²) in [6.07, 6.45) is 8.21. The van der Waals surface area contributed by atoms with Crippen molar-refractivity contribution >= 4 is 27.6 Å². The minimum atomic E-state index is 1.10. The third-order valence-electron chi connectivity index (χ3n) is 2.11. The van der Waals surface area contributed by atoms with Gasteiger partial charge in [-0.1, -0.05) is 30.4 Å². The van der Waals surface area contributed by atoms with E-state index in [1.807, 2.05) is 26.0 Å². The summed E-state index contributed by atoms with van der Waals surface area (Å²) in [4.78, 5) is 4.43. The van der Waals surface area contributed by atoms with E-state index in [1.165, 1.54) is 10.3 Å². The molecule has 0 radical (unpaired) electrons. The third kappa shape index (κ3) is 2.34.